The Labute approximate surface area is 98.9 Å². The highest BCUT2D eigenvalue weighted by Crippen LogP contribution is 2.17. The minimum absolute atomic E-state index is 0.00497. The number of nitrogens with one attached hydrogen (secondary N) is 1. The smallest absolute Gasteiger partial charge is 0.305 e. The topological polar surface area (TPSA) is 38.3 Å². The molecule has 1 aliphatic rings. The van der Waals surface area contributed by atoms with E-state index in [0.29, 0.717) is 13.0 Å². The van der Waals surface area contributed by atoms with Gasteiger partial charge in [-0.15, -0.1) is 0 Å². The summed E-state index contributed by atoms with van der Waals surface area (Å²) in [5, 5.41) is 3.33. The minimum atomic E-state index is -0.00497. The molecule has 0 aromatic heterocycles. The average Bonchev–Trinajstić information content (AvgIpc) is 2.33. The van der Waals surface area contributed by atoms with Crippen LogP contribution in [-0.2, 0) is 9.53 Å². The fourth-order valence-electron chi connectivity index (χ4n) is 2.10. The van der Waals surface area contributed by atoms with Crippen LogP contribution in [0, 0.1) is 5.92 Å². The van der Waals surface area contributed by atoms with Gasteiger partial charge in [0.15, 0.2) is 0 Å². The Morgan fingerprint density at radius 3 is 2.75 bits per heavy atom. The summed E-state index contributed by atoms with van der Waals surface area (Å²) in [4.78, 5) is 11.4. The maximum atomic E-state index is 11.4. The number of esters is 1. The Kier molecular flexibility index (Phi) is 7.23. The molecule has 0 amide bonds. The van der Waals surface area contributed by atoms with Crippen LogP contribution in [0.15, 0.2) is 0 Å². The van der Waals surface area contributed by atoms with Gasteiger partial charge < -0.3 is 10.1 Å². The molecular weight excluding hydrogens is 202 g/mol. The van der Waals surface area contributed by atoms with E-state index in [-0.39, 0.29) is 5.97 Å². The molecule has 94 valence electrons. The molecule has 3 heteroatoms. The van der Waals surface area contributed by atoms with Gasteiger partial charge in [0, 0.05) is 6.42 Å². The monoisotopic (exact) mass is 227 g/mol. The van der Waals surface area contributed by atoms with Crippen LogP contribution in [0.25, 0.3) is 0 Å². The van der Waals surface area contributed by atoms with Gasteiger partial charge >= 0.3 is 5.97 Å². The van der Waals surface area contributed by atoms with Gasteiger partial charge in [0.05, 0.1) is 6.61 Å². The fourth-order valence-corrected chi connectivity index (χ4v) is 2.10. The lowest BCUT2D eigenvalue weighted by atomic mass is 9.93. The average molecular weight is 227 g/mol. The Morgan fingerprint density at radius 1 is 1.31 bits per heavy atom. The molecule has 1 heterocycles. The van der Waals surface area contributed by atoms with E-state index in [2.05, 4.69) is 12.2 Å². The summed E-state index contributed by atoms with van der Waals surface area (Å²) < 4.78 is 5.18. The summed E-state index contributed by atoms with van der Waals surface area (Å²) in [7, 11) is 0. The van der Waals surface area contributed by atoms with Crippen molar-refractivity contribution in [3.05, 3.63) is 0 Å². The second kappa shape index (κ2) is 8.57. The summed E-state index contributed by atoms with van der Waals surface area (Å²) in [6.45, 7) is 4.98. The van der Waals surface area contributed by atoms with Crippen LogP contribution in [0.2, 0.25) is 0 Å². The molecule has 1 aliphatic heterocycles. The van der Waals surface area contributed by atoms with E-state index in [4.69, 9.17) is 4.74 Å². The number of hydrogen-bond acceptors (Lipinski definition) is 3. The van der Waals surface area contributed by atoms with E-state index >= 15 is 0 Å². The summed E-state index contributed by atoms with van der Waals surface area (Å²) >= 11 is 0. The van der Waals surface area contributed by atoms with Crippen molar-refractivity contribution in [2.24, 2.45) is 5.92 Å². The second-order valence-corrected chi connectivity index (χ2v) is 4.66. The zero-order valence-electron chi connectivity index (χ0n) is 10.5. The summed E-state index contributed by atoms with van der Waals surface area (Å²) in [5.41, 5.74) is 0. The number of unbranched alkanes of at least 4 members (excludes halogenated alkanes) is 2. The molecule has 0 radical (unpaired) electrons. The molecule has 1 N–H and O–H groups in total. The maximum Gasteiger partial charge on any atom is 0.305 e. The lowest BCUT2D eigenvalue weighted by Crippen LogP contribution is -2.28. The number of rotatable bonds is 7. The van der Waals surface area contributed by atoms with Crippen LogP contribution < -0.4 is 5.32 Å². The number of carbonyl (C=O) groups is 1. The fraction of sp³-hybridized carbons (Fsp3) is 0.923. The van der Waals surface area contributed by atoms with Crippen LogP contribution in [0.5, 0.6) is 0 Å². The van der Waals surface area contributed by atoms with Gasteiger partial charge in [-0.1, -0.05) is 19.8 Å². The van der Waals surface area contributed by atoms with Crippen LogP contribution in [0.1, 0.15) is 51.9 Å². The third-order valence-electron chi connectivity index (χ3n) is 3.23. The van der Waals surface area contributed by atoms with Crippen molar-refractivity contribution in [2.75, 3.05) is 19.7 Å². The molecule has 0 aromatic carbocycles. The zero-order chi connectivity index (χ0) is 11.6. The van der Waals surface area contributed by atoms with Crippen molar-refractivity contribution in [3.8, 4) is 0 Å². The van der Waals surface area contributed by atoms with Gasteiger partial charge in [0.1, 0.15) is 0 Å². The van der Waals surface area contributed by atoms with Crippen molar-refractivity contribution in [1.82, 2.24) is 5.32 Å². The van der Waals surface area contributed by atoms with Crippen molar-refractivity contribution in [2.45, 2.75) is 51.9 Å². The summed E-state index contributed by atoms with van der Waals surface area (Å²) in [6, 6.07) is 0. The van der Waals surface area contributed by atoms with E-state index in [9.17, 15) is 4.79 Å². The number of hydrogen-bond donors (Lipinski definition) is 1. The standard InChI is InChI=1S/C13H25NO2/c1-2-3-4-11-16-13(15)6-5-12-7-9-14-10-8-12/h12,14H,2-11H2,1H3. The van der Waals surface area contributed by atoms with E-state index in [0.717, 1.165) is 38.3 Å². The maximum absolute atomic E-state index is 11.4. The third-order valence-corrected chi connectivity index (χ3v) is 3.23. The molecule has 1 rings (SSSR count). The Hall–Kier alpha value is -0.570. The molecule has 0 aliphatic carbocycles. The molecule has 1 saturated heterocycles. The van der Waals surface area contributed by atoms with Gasteiger partial charge in [0.25, 0.3) is 0 Å². The summed E-state index contributed by atoms with van der Waals surface area (Å²) in [5.74, 6) is 0.721. The highest BCUT2D eigenvalue weighted by atomic mass is 16.5. The Bertz CT molecular complexity index is 188. The van der Waals surface area contributed by atoms with E-state index in [1.54, 1.807) is 0 Å². The molecule has 16 heavy (non-hydrogen) atoms. The van der Waals surface area contributed by atoms with Gasteiger partial charge in [-0.05, 0) is 44.7 Å². The number of carbonyl (C=O) groups excluding carboxylic acids is 1. The van der Waals surface area contributed by atoms with Gasteiger partial charge in [-0.3, -0.25) is 4.79 Å². The van der Waals surface area contributed by atoms with E-state index in [1.165, 1.54) is 19.3 Å². The van der Waals surface area contributed by atoms with Crippen molar-refractivity contribution < 1.29 is 9.53 Å². The quantitative estimate of drug-likeness (QED) is 0.536. The Morgan fingerprint density at radius 2 is 2.06 bits per heavy atom. The van der Waals surface area contributed by atoms with Gasteiger partial charge in [0.2, 0.25) is 0 Å². The van der Waals surface area contributed by atoms with Crippen molar-refractivity contribution in [1.29, 1.82) is 0 Å². The molecular formula is C13H25NO2. The molecule has 0 unspecified atom stereocenters. The van der Waals surface area contributed by atoms with Crippen LogP contribution in [0.3, 0.4) is 0 Å². The number of piperidine rings is 1. The second-order valence-electron chi connectivity index (χ2n) is 4.66. The molecule has 0 aromatic rings. The van der Waals surface area contributed by atoms with Crippen LogP contribution >= 0.6 is 0 Å². The predicted octanol–water partition coefficient (Wildman–Crippen LogP) is 2.50. The molecule has 0 atom stereocenters. The lowest BCUT2D eigenvalue weighted by molar-refractivity contribution is -0.144. The molecule has 0 spiro atoms. The first-order chi connectivity index (χ1) is 7.83. The SMILES string of the molecule is CCCCCOC(=O)CCC1CCNCC1. The van der Waals surface area contributed by atoms with Gasteiger partial charge in [-0.25, -0.2) is 0 Å². The van der Waals surface area contributed by atoms with Gasteiger partial charge in [-0.2, -0.15) is 0 Å². The highest BCUT2D eigenvalue weighted by Gasteiger charge is 2.14. The first-order valence-electron chi connectivity index (χ1n) is 6.69. The van der Waals surface area contributed by atoms with Crippen LogP contribution in [-0.4, -0.2) is 25.7 Å². The summed E-state index contributed by atoms with van der Waals surface area (Å²) in [6.07, 6.45) is 7.38. The van der Waals surface area contributed by atoms with E-state index in [1.807, 2.05) is 0 Å². The lowest BCUT2D eigenvalue weighted by Gasteiger charge is -2.21. The van der Waals surface area contributed by atoms with Crippen molar-refractivity contribution in [3.63, 3.8) is 0 Å². The normalized spacial score (nSPS) is 17.3. The molecule has 3 nitrogen and oxygen atoms in total. The predicted molar refractivity (Wildman–Crippen MR) is 65.3 cm³/mol. The molecule has 0 bridgehead atoms. The van der Waals surface area contributed by atoms with Crippen LogP contribution in [0.4, 0.5) is 0 Å². The first-order valence-corrected chi connectivity index (χ1v) is 6.69. The first kappa shape index (κ1) is 13.5. The molecule has 0 saturated carbocycles. The number of ether oxygens (including phenoxy) is 1. The zero-order valence-corrected chi connectivity index (χ0v) is 10.5. The highest BCUT2D eigenvalue weighted by molar-refractivity contribution is 5.69. The minimum Gasteiger partial charge on any atom is -0.466 e. The largest absolute Gasteiger partial charge is 0.466 e. The van der Waals surface area contributed by atoms with Crippen molar-refractivity contribution >= 4 is 5.97 Å². The molecule has 1 fully saturated rings. The Balaban J connectivity index is 1.96. The van der Waals surface area contributed by atoms with E-state index < -0.39 is 0 Å². The third kappa shape index (κ3) is 6.11.